The predicted octanol–water partition coefficient (Wildman–Crippen LogP) is 3.23. The molecule has 3 nitrogen and oxygen atoms in total. The van der Waals surface area contributed by atoms with E-state index in [0.29, 0.717) is 6.04 Å². The molecule has 1 aliphatic rings. The first-order valence-corrected chi connectivity index (χ1v) is 7.81. The number of rotatable bonds is 4. The molecule has 0 bridgehead atoms. The smallest absolute Gasteiger partial charge is 0.0723 e. The van der Waals surface area contributed by atoms with Gasteiger partial charge in [-0.05, 0) is 44.4 Å². The summed E-state index contributed by atoms with van der Waals surface area (Å²) >= 11 is 6.48. The zero-order chi connectivity index (χ0) is 14.7. The molecule has 0 saturated carbocycles. The Labute approximate surface area is 127 Å². The number of halogens is 1. The quantitative estimate of drug-likeness (QED) is 0.927. The van der Waals surface area contributed by atoms with Crippen molar-refractivity contribution in [2.75, 3.05) is 18.1 Å². The van der Waals surface area contributed by atoms with Crippen molar-refractivity contribution in [3.05, 3.63) is 28.8 Å². The molecule has 1 aliphatic heterocycles. The van der Waals surface area contributed by atoms with E-state index in [-0.39, 0.29) is 12.1 Å². The summed E-state index contributed by atoms with van der Waals surface area (Å²) in [6.45, 7) is 8.01. The van der Waals surface area contributed by atoms with Crippen molar-refractivity contribution in [2.24, 2.45) is 5.73 Å². The normalized spacial score (nSPS) is 24.8. The van der Waals surface area contributed by atoms with E-state index >= 15 is 0 Å². The van der Waals surface area contributed by atoms with Crippen molar-refractivity contribution >= 4 is 17.3 Å². The molecule has 0 spiro atoms. The highest BCUT2D eigenvalue weighted by Crippen LogP contribution is 2.30. The van der Waals surface area contributed by atoms with Crippen LogP contribution < -0.4 is 10.6 Å². The summed E-state index contributed by atoms with van der Waals surface area (Å²) in [6.07, 6.45) is 2.11. The molecule has 0 aromatic heterocycles. The first kappa shape index (κ1) is 15.6. The molecule has 2 rings (SSSR count). The average Bonchev–Trinajstić information content (AvgIpc) is 2.42. The van der Waals surface area contributed by atoms with Crippen molar-refractivity contribution in [2.45, 2.75) is 51.8 Å². The maximum absolute atomic E-state index is 6.48. The van der Waals surface area contributed by atoms with Crippen LogP contribution in [0.15, 0.2) is 18.2 Å². The van der Waals surface area contributed by atoms with Gasteiger partial charge < -0.3 is 15.4 Å². The highest BCUT2D eigenvalue weighted by atomic mass is 35.5. The van der Waals surface area contributed by atoms with Crippen LogP contribution in [0.5, 0.6) is 0 Å². The molecule has 3 atom stereocenters. The molecule has 4 heteroatoms. The fraction of sp³-hybridized carbons (Fsp3) is 0.625. The minimum Gasteiger partial charge on any atom is -0.375 e. The van der Waals surface area contributed by atoms with Crippen molar-refractivity contribution in [1.29, 1.82) is 0 Å². The van der Waals surface area contributed by atoms with Gasteiger partial charge in [-0.2, -0.15) is 0 Å². The van der Waals surface area contributed by atoms with Crippen LogP contribution in [0.1, 0.15) is 32.8 Å². The van der Waals surface area contributed by atoms with Gasteiger partial charge in [0.05, 0.1) is 23.4 Å². The Kier molecular flexibility index (Phi) is 5.30. The van der Waals surface area contributed by atoms with Crippen molar-refractivity contribution in [3.63, 3.8) is 0 Å². The van der Waals surface area contributed by atoms with Gasteiger partial charge >= 0.3 is 0 Å². The molecule has 0 radical (unpaired) electrons. The Morgan fingerprint density at radius 3 is 2.85 bits per heavy atom. The summed E-state index contributed by atoms with van der Waals surface area (Å²) in [7, 11) is 0. The van der Waals surface area contributed by atoms with E-state index in [1.54, 1.807) is 0 Å². The maximum atomic E-state index is 6.48. The minimum absolute atomic E-state index is 0.208. The second-order valence-corrected chi connectivity index (χ2v) is 6.21. The van der Waals surface area contributed by atoms with Gasteiger partial charge in [-0.1, -0.05) is 24.6 Å². The molecule has 1 aromatic rings. The molecule has 112 valence electrons. The number of hydrogen-bond acceptors (Lipinski definition) is 3. The molecule has 20 heavy (non-hydrogen) atoms. The van der Waals surface area contributed by atoms with Gasteiger partial charge in [-0.15, -0.1) is 0 Å². The maximum Gasteiger partial charge on any atom is 0.0723 e. The van der Waals surface area contributed by atoms with Gasteiger partial charge in [0.25, 0.3) is 0 Å². The van der Waals surface area contributed by atoms with Crippen LogP contribution in [0, 0.1) is 0 Å². The number of benzene rings is 1. The average molecular weight is 297 g/mol. The van der Waals surface area contributed by atoms with Crippen LogP contribution in [0.25, 0.3) is 0 Å². The first-order chi connectivity index (χ1) is 9.51. The Morgan fingerprint density at radius 2 is 2.20 bits per heavy atom. The lowest BCUT2D eigenvalue weighted by atomic mass is 10.0. The number of morpholine rings is 1. The van der Waals surface area contributed by atoms with Gasteiger partial charge in [0, 0.05) is 18.6 Å². The van der Waals surface area contributed by atoms with Crippen LogP contribution in [0.4, 0.5) is 5.69 Å². The van der Waals surface area contributed by atoms with E-state index in [0.717, 1.165) is 36.7 Å². The highest BCUT2D eigenvalue weighted by molar-refractivity contribution is 6.33. The molecule has 0 amide bonds. The van der Waals surface area contributed by atoms with Crippen LogP contribution in [0.3, 0.4) is 0 Å². The van der Waals surface area contributed by atoms with E-state index in [9.17, 15) is 0 Å². The van der Waals surface area contributed by atoms with Crippen molar-refractivity contribution in [3.8, 4) is 0 Å². The second-order valence-electron chi connectivity index (χ2n) is 5.80. The highest BCUT2D eigenvalue weighted by Gasteiger charge is 2.25. The molecule has 1 aromatic carbocycles. The van der Waals surface area contributed by atoms with Gasteiger partial charge in [-0.25, -0.2) is 0 Å². The zero-order valence-electron chi connectivity index (χ0n) is 12.6. The summed E-state index contributed by atoms with van der Waals surface area (Å²) in [5, 5.41) is 0.812. The summed E-state index contributed by atoms with van der Waals surface area (Å²) in [5.74, 6) is 0. The van der Waals surface area contributed by atoms with Gasteiger partial charge in [0.2, 0.25) is 0 Å². The predicted molar refractivity (Wildman–Crippen MR) is 85.6 cm³/mol. The molecule has 1 heterocycles. The van der Waals surface area contributed by atoms with Crippen LogP contribution >= 0.6 is 11.6 Å². The summed E-state index contributed by atoms with van der Waals surface area (Å²) in [6, 6.07) is 6.88. The van der Waals surface area contributed by atoms with Crippen molar-refractivity contribution in [1.82, 2.24) is 0 Å². The molecule has 1 fully saturated rings. The standard InChI is InChI=1S/C16H25ClN2O/c1-4-14(18)7-13-5-6-16(15(17)8-13)19-9-12(3)20-10-11(19)2/h5-6,8,11-12,14H,4,7,9-10,18H2,1-3H3. The van der Waals surface area contributed by atoms with Crippen LogP contribution in [-0.4, -0.2) is 31.3 Å². The minimum atomic E-state index is 0.208. The van der Waals surface area contributed by atoms with E-state index in [2.05, 4.69) is 43.9 Å². The van der Waals surface area contributed by atoms with Crippen LogP contribution in [-0.2, 0) is 11.2 Å². The van der Waals surface area contributed by atoms with E-state index in [1.165, 1.54) is 5.56 Å². The fourth-order valence-electron chi connectivity index (χ4n) is 2.60. The lowest BCUT2D eigenvalue weighted by Crippen LogP contribution is -2.47. The summed E-state index contributed by atoms with van der Waals surface area (Å²) in [5.41, 5.74) is 8.32. The van der Waals surface area contributed by atoms with E-state index in [4.69, 9.17) is 22.1 Å². The number of anilines is 1. The van der Waals surface area contributed by atoms with Crippen molar-refractivity contribution < 1.29 is 4.74 Å². The van der Waals surface area contributed by atoms with Crippen LogP contribution in [0.2, 0.25) is 5.02 Å². The third kappa shape index (κ3) is 3.66. The fourth-order valence-corrected chi connectivity index (χ4v) is 2.91. The van der Waals surface area contributed by atoms with Gasteiger partial charge in [-0.3, -0.25) is 0 Å². The van der Waals surface area contributed by atoms with E-state index < -0.39 is 0 Å². The number of ether oxygens (including phenoxy) is 1. The topological polar surface area (TPSA) is 38.5 Å². The second kappa shape index (κ2) is 6.79. The zero-order valence-corrected chi connectivity index (χ0v) is 13.4. The SMILES string of the molecule is CCC(N)Cc1ccc(N2CC(C)OCC2C)c(Cl)c1. The monoisotopic (exact) mass is 296 g/mol. The molecular formula is C16H25ClN2O. The summed E-state index contributed by atoms with van der Waals surface area (Å²) < 4.78 is 5.67. The third-order valence-electron chi connectivity index (χ3n) is 3.95. The van der Waals surface area contributed by atoms with Gasteiger partial charge in [0.15, 0.2) is 0 Å². The Balaban J connectivity index is 2.16. The molecular weight excluding hydrogens is 272 g/mol. The lowest BCUT2D eigenvalue weighted by molar-refractivity contribution is 0.0344. The summed E-state index contributed by atoms with van der Waals surface area (Å²) in [4.78, 5) is 2.33. The Bertz CT molecular complexity index is 452. The lowest BCUT2D eigenvalue weighted by Gasteiger charge is -2.39. The molecule has 0 aliphatic carbocycles. The first-order valence-electron chi connectivity index (χ1n) is 7.43. The van der Waals surface area contributed by atoms with E-state index in [1.807, 2.05) is 0 Å². The Hall–Kier alpha value is -0.770. The Morgan fingerprint density at radius 1 is 1.45 bits per heavy atom. The number of hydrogen-bond donors (Lipinski definition) is 1. The molecule has 3 unspecified atom stereocenters. The third-order valence-corrected chi connectivity index (χ3v) is 4.25. The molecule has 1 saturated heterocycles. The number of nitrogens with two attached hydrogens (primary N) is 1. The van der Waals surface area contributed by atoms with Gasteiger partial charge in [0.1, 0.15) is 0 Å². The largest absolute Gasteiger partial charge is 0.375 e. The molecule has 2 N–H and O–H groups in total. The number of nitrogens with zero attached hydrogens (tertiary/aromatic N) is 1.